The number of fused-ring (bicyclic) bond motifs is 1. The van der Waals surface area contributed by atoms with Gasteiger partial charge < -0.3 is 14.6 Å². The lowest BCUT2D eigenvalue weighted by Gasteiger charge is -2.16. The predicted octanol–water partition coefficient (Wildman–Crippen LogP) is 5.67. The number of para-hydroxylation sites is 2. The quantitative estimate of drug-likeness (QED) is 0.364. The van der Waals surface area contributed by atoms with E-state index in [1.807, 2.05) is 42.6 Å². The van der Waals surface area contributed by atoms with Crippen molar-refractivity contribution in [2.24, 2.45) is 0 Å². The maximum atomic E-state index is 12.5. The summed E-state index contributed by atoms with van der Waals surface area (Å²) in [5.41, 5.74) is 4.41. The van der Waals surface area contributed by atoms with Crippen LogP contribution in [0, 0.1) is 13.8 Å². The maximum absolute atomic E-state index is 12.5. The molecule has 4 aromatic rings. The zero-order valence-corrected chi connectivity index (χ0v) is 18.9. The van der Waals surface area contributed by atoms with Gasteiger partial charge in [0.1, 0.15) is 11.6 Å². The summed E-state index contributed by atoms with van der Waals surface area (Å²) in [6, 6.07) is 17.9. The summed E-state index contributed by atoms with van der Waals surface area (Å²) >= 11 is 1.44. The third-order valence-corrected chi connectivity index (χ3v) is 6.02. The van der Waals surface area contributed by atoms with Gasteiger partial charge in [-0.2, -0.15) is 0 Å². The minimum absolute atomic E-state index is 0.0701. The van der Waals surface area contributed by atoms with Crippen LogP contribution in [0.15, 0.2) is 60.0 Å². The largest absolute Gasteiger partial charge is 0.494 e. The molecule has 1 unspecified atom stereocenters. The number of carbonyl (C=O) groups is 1. The van der Waals surface area contributed by atoms with Crippen LogP contribution in [0.25, 0.3) is 11.0 Å². The lowest BCUT2D eigenvalue weighted by Crippen LogP contribution is -2.28. The highest BCUT2D eigenvalue weighted by Crippen LogP contribution is 2.22. The van der Waals surface area contributed by atoms with Crippen LogP contribution in [-0.2, 0) is 6.54 Å². The molecule has 0 radical (unpaired) electrons. The first-order valence-corrected chi connectivity index (χ1v) is 11.4. The van der Waals surface area contributed by atoms with Gasteiger partial charge in [0, 0.05) is 6.54 Å². The molecule has 0 aliphatic carbocycles. The highest BCUT2D eigenvalue weighted by Gasteiger charge is 2.19. The Hall–Kier alpha value is -3.12. The first-order chi connectivity index (χ1) is 15.0. The van der Waals surface area contributed by atoms with Crippen molar-refractivity contribution in [1.29, 1.82) is 0 Å². The standard InChI is InChI=1S/C25H27N3O2S/c1-17-14-18(2)16-20(15-17)30-12-7-11-28-22-9-5-4-8-21(22)27-24(28)19(3)26-25(29)23-10-6-13-31-23/h4-6,8-10,13-16,19H,7,11-12H2,1-3H3,(H,26,29). The molecule has 0 aliphatic heterocycles. The summed E-state index contributed by atoms with van der Waals surface area (Å²) in [5, 5.41) is 4.99. The highest BCUT2D eigenvalue weighted by molar-refractivity contribution is 7.12. The fourth-order valence-electron chi connectivity index (χ4n) is 3.83. The molecule has 2 aromatic carbocycles. The first kappa shape index (κ1) is 21.1. The second-order valence-corrected chi connectivity index (χ2v) is 8.76. The molecule has 0 saturated carbocycles. The number of thiophene rings is 1. The fourth-order valence-corrected chi connectivity index (χ4v) is 4.46. The minimum Gasteiger partial charge on any atom is -0.494 e. The van der Waals surface area contributed by atoms with Gasteiger partial charge in [-0.1, -0.05) is 24.3 Å². The second-order valence-electron chi connectivity index (χ2n) is 7.81. The fraction of sp³-hybridized carbons (Fsp3) is 0.280. The molecule has 0 fully saturated rings. The lowest BCUT2D eigenvalue weighted by molar-refractivity contribution is 0.0941. The predicted molar refractivity (Wildman–Crippen MR) is 126 cm³/mol. The molecule has 160 valence electrons. The molecule has 5 nitrogen and oxygen atoms in total. The topological polar surface area (TPSA) is 56.1 Å². The Balaban J connectivity index is 1.47. The Labute approximate surface area is 186 Å². The summed E-state index contributed by atoms with van der Waals surface area (Å²) in [6.45, 7) is 7.52. The van der Waals surface area contributed by atoms with E-state index in [-0.39, 0.29) is 11.9 Å². The van der Waals surface area contributed by atoms with Gasteiger partial charge in [0.15, 0.2) is 0 Å². The van der Waals surface area contributed by atoms with Gasteiger partial charge >= 0.3 is 0 Å². The van der Waals surface area contributed by atoms with E-state index in [0.29, 0.717) is 11.5 Å². The van der Waals surface area contributed by atoms with Crippen molar-refractivity contribution >= 4 is 28.3 Å². The Bertz CT molecular complexity index is 1160. The van der Waals surface area contributed by atoms with Gasteiger partial charge in [-0.3, -0.25) is 4.79 Å². The smallest absolute Gasteiger partial charge is 0.261 e. The van der Waals surface area contributed by atoms with Crippen LogP contribution in [0.3, 0.4) is 0 Å². The Kier molecular flexibility index (Phi) is 6.37. The molecule has 4 rings (SSSR count). The molecule has 1 amide bonds. The third kappa shape index (κ3) is 4.97. The summed E-state index contributed by atoms with van der Waals surface area (Å²) in [5.74, 6) is 1.70. The number of ether oxygens (including phenoxy) is 1. The summed E-state index contributed by atoms with van der Waals surface area (Å²) in [4.78, 5) is 18.1. The van der Waals surface area contributed by atoms with Gasteiger partial charge in [0.2, 0.25) is 0 Å². The molecule has 0 saturated heterocycles. The molecule has 0 spiro atoms. The SMILES string of the molecule is Cc1cc(C)cc(OCCCn2c(C(C)NC(=O)c3cccs3)nc3ccccc32)c1. The van der Waals surface area contributed by atoms with E-state index < -0.39 is 0 Å². The van der Waals surface area contributed by atoms with Gasteiger partial charge in [0.25, 0.3) is 5.91 Å². The van der Waals surface area contributed by atoms with Gasteiger partial charge in [-0.25, -0.2) is 4.98 Å². The van der Waals surface area contributed by atoms with Crippen molar-refractivity contribution in [2.45, 2.75) is 39.8 Å². The lowest BCUT2D eigenvalue weighted by atomic mass is 10.1. The van der Waals surface area contributed by atoms with Crippen molar-refractivity contribution in [2.75, 3.05) is 6.61 Å². The number of amides is 1. The van der Waals surface area contributed by atoms with Crippen LogP contribution in [0.1, 0.15) is 46.0 Å². The van der Waals surface area contributed by atoms with Crippen LogP contribution in [-0.4, -0.2) is 22.1 Å². The van der Waals surface area contributed by atoms with E-state index in [0.717, 1.165) is 35.6 Å². The number of hydrogen-bond acceptors (Lipinski definition) is 4. The highest BCUT2D eigenvalue weighted by atomic mass is 32.1. The maximum Gasteiger partial charge on any atom is 0.261 e. The van der Waals surface area contributed by atoms with Gasteiger partial charge in [-0.05, 0) is 74.0 Å². The Morgan fingerprint density at radius 3 is 2.65 bits per heavy atom. The van der Waals surface area contributed by atoms with Crippen LogP contribution in [0.2, 0.25) is 0 Å². The molecule has 2 aromatic heterocycles. The van der Waals surface area contributed by atoms with Crippen molar-refractivity contribution in [3.63, 3.8) is 0 Å². The average Bonchev–Trinajstić information content (AvgIpc) is 3.39. The van der Waals surface area contributed by atoms with Crippen molar-refractivity contribution < 1.29 is 9.53 Å². The number of aromatic nitrogens is 2. The van der Waals surface area contributed by atoms with E-state index in [9.17, 15) is 4.79 Å². The zero-order valence-electron chi connectivity index (χ0n) is 18.1. The molecule has 0 bridgehead atoms. The molecule has 2 heterocycles. The second kappa shape index (κ2) is 9.35. The third-order valence-electron chi connectivity index (χ3n) is 5.15. The number of rotatable bonds is 8. The molecule has 31 heavy (non-hydrogen) atoms. The Morgan fingerprint density at radius 1 is 1.13 bits per heavy atom. The number of carbonyl (C=O) groups excluding carboxylic acids is 1. The zero-order chi connectivity index (χ0) is 21.8. The molecule has 1 atom stereocenters. The number of hydrogen-bond donors (Lipinski definition) is 1. The normalized spacial score (nSPS) is 12.1. The molecule has 6 heteroatoms. The van der Waals surface area contributed by atoms with Gasteiger partial charge in [-0.15, -0.1) is 11.3 Å². The number of nitrogens with one attached hydrogen (secondary N) is 1. The van der Waals surface area contributed by atoms with Crippen LogP contribution >= 0.6 is 11.3 Å². The average molecular weight is 434 g/mol. The van der Waals surface area contributed by atoms with E-state index >= 15 is 0 Å². The molecule has 0 aliphatic rings. The number of imidazole rings is 1. The monoisotopic (exact) mass is 433 g/mol. The van der Waals surface area contributed by atoms with E-state index in [1.165, 1.54) is 22.5 Å². The van der Waals surface area contributed by atoms with Crippen LogP contribution in [0.4, 0.5) is 0 Å². The number of aryl methyl sites for hydroxylation is 3. The van der Waals surface area contributed by atoms with Crippen molar-refractivity contribution in [1.82, 2.24) is 14.9 Å². The number of nitrogens with zero attached hydrogens (tertiary/aromatic N) is 2. The number of benzene rings is 2. The summed E-state index contributed by atoms with van der Waals surface area (Å²) in [7, 11) is 0. The van der Waals surface area contributed by atoms with Crippen molar-refractivity contribution in [3.05, 3.63) is 81.8 Å². The van der Waals surface area contributed by atoms with Crippen LogP contribution in [0.5, 0.6) is 5.75 Å². The molecular weight excluding hydrogens is 406 g/mol. The first-order valence-electron chi connectivity index (χ1n) is 10.5. The summed E-state index contributed by atoms with van der Waals surface area (Å²) < 4.78 is 8.18. The molecular formula is C25H27N3O2S. The van der Waals surface area contributed by atoms with Gasteiger partial charge in [0.05, 0.1) is 28.6 Å². The van der Waals surface area contributed by atoms with E-state index in [2.05, 4.69) is 48.0 Å². The minimum atomic E-state index is -0.206. The van der Waals surface area contributed by atoms with E-state index in [1.54, 1.807) is 0 Å². The van der Waals surface area contributed by atoms with E-state index in [4.69, 9.17) is 9.72 Å². The van der Waals surface area contributed by atoms with Crippen molar-refractivity contribution in [3.8, 4) is 5.75 Å². The summed E-state index contributed by atoms with van der Waals surface area (Å²) in [6.07, 6.45) is 0.839. The van der Waals surface area contributed by atoms with Crippen LogP contribution < -0.4 is 10.1 Å². The molecule has 1 N–H and O–H groups in total. The Morgan fingerprint density at radius 2 is 1.90 bits per heavy atom.